The molecule has 2 atom stereocenters. The number of rotatable bonds is 3. The molecule has 0 amide bonds. The van der Waals surface area contributed by atoms with Crippen LogP contribution in [0, 0.1) is 0 Å². The van der Waals surface area contributed by atoms with Gasteiger partial charge in [-0.15, -0.1) is 0 Å². The van der Waals surface area contributed by atoms with Gasteiger partial charge in [-0.1, -0.05) is 6.08 Å². The molecule has 20 heavy (non-hydrogen) atoms. The molecule has 0 saturated carbocycles. The maximum absolute atomic E-state index is 4.05. The van der Waals surface area contributed by atoms with Crippen molar-refractivity contribution < 1.29 is 0 Å². The van der Waals surface area contributed by atoms with Crippen molar-refractivity contribution in [2.24, 2.45) is 0 Å². The first-order valence-electron chi connectivity index (χ1n) is 6.66. The molecule has 5 nitrogen and oxygen atoms in total. The monoisotopic (exact) mass is 265 g/mol. The van der Waals surface area contributed by atoms with Crippen molar-refractivity contribution in [1.82, 2.24) is 20.2 Å². The fourth-order valence-corrected chi connectivity index (χ4v) is 2.88. The number of hydrogen-bond donors (Lipinski definition) is 3. The predicted octanol–water partition coefficient (Wildman–Crippen LogP) is 2.92. The lowest BCUT2D eigenvalue weighted by atomic mass is 9.95. The zero-order chi connectivity index (χ0) is 13.4. The van der Waals surface area contributed by atoms with Crippen molar-refractivity contribution in [3.63, 3.8) is 0 Å². The van der Waals surface area contributed by atoms with E-state index >= 15 is 0 Å². The van der Waals surface area contributed by atoms with Crippen LogP contribution in [0.25, 0.3) is 0 Å². The van der Waals surface area contributed by atoms with Gasteiger partial charge in [0.1, 0.15) is 5.82 Å². The number of anilines is 1. The van der Waals surface area contributed by atoms with Gasteiger partial charge in [0.15, 0.2) is 0 Å². The van der Waals surface area contributed by atoms with Crippen molar-refractivity contribution in [2.75, 3.05) is 4.90 Å². The first kappa shape index (κ1) is 11.2. The summed E-state index contributed by atoms with van der Waals surface area (Å²) in [5.41, 5.74) is 2.40. The van der Waals surface area contributed by atoms with E-state index in [4.69, 9.17) is 0 Å². The Balaban J connectivity index is 1.77. The van der Waals surface area contributed by atoms with Crippen molar-refractivity contribution >= 4 is 5.82 Å². The average Bonchev–Trinajstić information content (AvgIpc) is 3.23. The van der Waals surface area contributed by atoms with Crippen LogP contribution in [0.4, 0.5) is 5.82 Å². The predicted molar refractivity (Wildman–Crippen MR) is 77.3 cm³/mol. The van der Waals surface area contributed by atoms with Crippen LogP contribution >= 0.6 is 0 Å². The molecule has 2 unspecified atom stereocenters. The second-order valence-corrected chi connectivity index (χ2v) is 4.91. The van der Waals surface area contributed by atoms with E-state index in [9.17, 15) is 0 Å². The van der Waals surface area contributed by atoms with Crippen molar-refractivity contribution in [3.8, 4) is 0 Å². The fraction of sp³-hybridized carbons (Fsp3) is 0.133. The van der Waals surface area contributed by atoms with E-state index in [1.54, 1.807) is 6.20 Å². The van der Waals surface area contributed by atoms with Gasteiger partial charge in [-0.3, -0.25) is 5.10 Å². The summed E-state index contributed by atoms with van der Waals surface area (Å²) in [6, 6.07) is 10.5. The van der Waals surface area contributed by atoms with Gasteiger partial charge in [-0.2, -0.15) is 5.10 Å². The Labute approximate surface area is 116 Å². The van der Waals surface area contributed by atoms with Crippen LogP contribution in [0.3, 0.4) is 0 Å². The Morgan fingerprint density at radius 1 is 1.00 bits per heavy atom. The summed E-state index contributed by atoms with van der Waals surface area (Å²) in [5, 5.41) is 7.09. The van der Waals surface area contributed by atoms with Crippen LogP contribution in [-0.2, 0) is 0 Å². The van der Waals surface area contributed by atoms with E-state index in [1.165, 1.54) is 11.4 Å². The van der Waals surface area contributed by atoms with Crippen LogP contribution in [0.15, 0.2) is 61.2 Å². The third kappa shape index (κ3) is 1.67. The molecule has 3 aromatic rings. The molecular weight excluding hydrogens is 250 g/mol. The second-order valence-electron chi connectivity index (χ2n) is 4.91. The largest absolute Gasteiger partial charge is 0.364 e. The third-order valence-electron chi connectivity index (χ3n) is 3.78. The SMILES string of the molecule is C1=CN(c2ccn[nH]2)C(c2ccc[nH]2)C1c1ccc[nH]1. The lowest BCUT2D eigenvalue weighted by molar-refractivity contribution is 0.629. The standard InChI is InChI=1S/C15H15N5/c1-3-12(16-7-1)11-6-10-20(14-5-9-18-19-14)15(11)13-4-2-8-17-13/h1-11,15-17H,(H,18,19). The van der Waals surface area contributed by atoms with E-state index in [-0.39, 0.29) is 12.0 Å². The highest BCUT2D eigenvalue weighted by Crippen LogP contribution is 2.42. The minimum absolute atomic E-state index is 0.198. The number of nitrogens with zero attached hydrogens (tertiary/aromatic N) is 2. The smallest absolute Gasteiger partial charge is 0.128 e. The summed E-state index contributed by atoms with van der Waals surface area (Å²) in [6.45, 7) is 0. The maximum atomic E-state index is 4.05. The van der Waals surface area contributed by atoms with Gasteiger partial charge < -0.3 is 14.9 Å². The molecule has 5 heteroatoms. The van der Waals surface area contributed by atoms with E-state index in [1.807, 2.05) is 30.6 Å². The van der Waals surface area contributed by atoms with Gasteiger partial charge in [0.05, 0.1) is 12.2 Å². The molecule has 0 aromatic carbocycles. The molecule has 3 N–H and O–H groups in total. The van der Waals surface area contributed by atoms with Gasteiger partial charge in [0.25, 0.3) is 0 Å². The molecule has 4 heterocycles. The quantitative estimate of drug-likeness (QED) is 0.681. The second kappa shape index (κ2) is 4.45. The highest BCUT2D eigenvalue weighted by Gasteiger charge is 2.34. The van der Waals surface area contributed by atoms with Gasteiger partial charge in [0, 0.05) is 42.0 Å². The number of aromatic amines is 3. The number of nitrogens with one attached hydrogen (secondary N) is 3. The molecule has 0 bridgehead atoms. The number of hydrogen-bond acceptors (Lipinski definition) is 2. The topological polar surface area (TPSA) is 63.5 Å². The Bertz CT molecular complexity index is 635. The molecule has 100 valence electrons. The lowest BCUT2D eigenvalue weighted by Crippen LogP contribution is -2.23. The lowest BCUT2D eigenvalue weighted by Gasteiger charge is -2.27. The molecule has 0 aliphatic carbocycles. The van der Waals surface area contributed by atoms with Crippen molar-refractivity contribution in [2.45, 2.75) is 12.0 Å². The Kier molecular flexibility index (Phi) is 2.48. The molecule has 0 fully saturated rings. The number of aromatic nitrogens is 4. The molecule has 0 spiro atoms. The fourth-order valence-electron chi connectivity index (χ4n) is 2.88. The molecule has 1 aliphatic heterocycles. The summed E-state index contributed by atoms with van der Waals surface area (Å²) in [7, 11) is 0. The minimum Gasteiger partial charge on any atom is -0.364 e. The Morgan fingerprint density at radius 3 is 2.45 bits per heavy atom. The highest BCUT2D eigenvalue weighted by atomic mass is 15.3. The van der Waals surface area contributed by atoms with Crippen LogP contribution < -0.4 is 4.90 Å². The highest BCUT2D eigenvalue weighted by molar-refractivity contribution is 5.50. The van der Waals surface area contributed by atoms with Crippen molar-refractivity contribution in [1.29, 1.82) is 0 Å². The van der Waals surface area contributed by atoms with Crippen LogP contribution in [0.2, 0.25) is 0 Å². The molecule has 4 rings (SSSR count). The van der Waals surface area contributed by atoms with E-state index < -0.39 is 0 Å². The van der Waals surface area contributed by atoms with Crippen molar-refractivity contribution in [3.05, 3.63) is 72.6 Å². The normalized spacial score (nSPS) is 21.7. The first-order valence-corrected chi connectivity index (χ1v) is 6.66. The summed E-state index contributed by atoms with van der Waals surface area (Å²) < 4.78 is 0. The van der Waals surface area contributed by atoms with Crippen LogP contribution in [-0.4, -0.2) is 20.2 Å². The third-order valence-corrected chi connectivity index (χ3v) is 3.78. The zero-order valence-electron chi connectivity index (χ0n) is 10.8. The Morgan fingerprint density at radius 2 is 1.80 bits per heavy atom. The van der Waals surface area contributed by atoms with Gasteiger partial charge >= 0.3 is 0 Å². The minimum atomic E-state index is 0.198. The van der Waals surface area contributed by atoms with Gasteiger partial charge in [-0.25, -0.2) is 0 Å². The first-order chi connectivity index (χ1) is 9.93. The van der Waals surface area contributed by atoms with Crippen LogP contribution in [0.5, 0.6) is 0 Å². The molecule has 1 aliphatic rings. The molecule has 0 saturated heterocycles. The zero-order valence-corrected chi connectivity index (χ0v) is 10.8. The van der Waals surface area contributed by atoms with Gasteiger partial charge in [0.2, 0.25) is 0 Å². The molecular formula is C15H15N5. The summed E-state index contributed by atoms with van der Waals surface area (Å²) in [4.78, 5) is 8.86. The number of H-pyrrole nitrogens is 3. The van der Waals surface area contributed by atoms with Crippen LogP contribution in [0.1, 0.15) is 23.3 Å². The maximum Gasteiger partial charge on any atom is 0.128 e. The average molecular weight is 265 g/mol. The Hall–Kier alpha value is -2.69. The summed E-state index contributed by atoms with van der Waals surface area (Å²) in [6.07, 6.45) is 10.0. The van der Waals surface area contributed by atoms with E-state index in [2.05, 4.69) is 49.5 Å². The summed E-state index contributed by atoms with van der Waals surface area (Å²) in [5.74, 6) is 1.28. The molecule has 0 radical (unpaired) electrons. The summed E-state index contributed by atoms with van der Waals surface area (Å²) >= 11 is 0. The van der Waals surface area contributed by atoms with Gasteiger partial charge in [-0.05, 0) is 24.3 Å². The van der Waals surface area contributed by atoms with E-state index in [0.717, 1.165) is 5.82 Å². The van der Waals surface area contributed by atoms with E-state index in [0.29, 0.717) is 0 Å². The molecule has 3 aromatic heterocycles.